The fourth-order valence-corrected chi connectivity index (χ4v) is 2.16. The molecular formula is C11H14N4O2S. The van der Waals surface area contributed by atoms with Gasteiger partial charge in [0.15, 0.2) is 0 Å². The molecule has 0 aliphatic rings. The molecule has 2 heterocycles. The lowest BCUT2D eigenvalue weighted by Gasteiger charge is -2.03. The smallest absolute Gasteiger partial charge is 0.263 e. The molecule has 0 bridgehead atoms. The number of amides is 1. The number of hydrogen-bond acceptors (Lipinski definition) is 5. The van der Waals surface area contributed by atoms with E-state index in [1.807, 2.05) is 10.8 Å². The number of hydrogen-bond donors (Lipinski definition) is 2. The number of rotatable bonds is 5. The quantitative estimate of drug-likeness (QED) is 0.839. The minimum Gasteiger partial charge on any atom is -0.386 e. The van der Waals surface area contributed by atoms with Crippen LogP contribution in [0.25, 0.3) is 0 Å². The monoisotopic (exact) mass is 266 g/mol. The molecule has 2 aromatic heterocycles. The van der Waals surface area contributed by atoms with Crippen LogP contribution in [0.1, 0.15) is 27.7 Å². The molecule has 7 heteroatoms. The van der Waals surface area contributed by atoms with Crippen molar-refractivity contribution in [3.63, 3.8) is 0 Å². The maximum atomic E-state index is 11.8. The van der Waals surface area contributed by atoms with Crippen molar-refractivity contribution < 1.29 is 9.90 Å². The molecule has 2 rings (SSSR count). The van der Waals surface area contributed by atoms with Gasteiger partial charge >= 0.3 is 0 Å². The predicted molar refractivity (Wildman–Crippen MR) is 67.3 cm³/mol. The maximum absolute atomic E-state index is 11.8. The summed E-state index contributed by atoms with van der Waals surface area (Å²) in [5.41, 5.74) is 0. The van der Waals surface area contributed by atoms with Crippen LogP contribution in [-0.2, 0) is 6.54 Å². The Bertz CT molecular complexity index is 507. The summed E-state index contributed by atoms with van der Waals surface area (Å²) < 4.78 is 1.88. The van der Waals surface area contributed by atoms with Crippen molar-refractivity contribution in [3.05, 3.63) is 34.8 Å². The van der Waals surface area contributed by atoms with Crippen LogP contribution in [0.3, 0.4) is 0 Å². The molecule has 6 nitrogen and oxygen atoms in total. The Morgan fingerprint density at radius 2 is 2.50 bits per heavy atom. The summed E-state index contributed by atoms with van der Waals surface area (Å²) in [5.74, 6) is -0.167. The molecular weight excluding hydrogens is 252 g/mol. The molecule has 0 aromatic carbocycles. The minimum absolute atomic E-state index is 0.167. The molecule has 2 N–H and O–H groups in total. The van der Waals surface area contributed by atoms with Gasteiger partial charge in [0.25, 0.3) is 5.91 Å². The number of carbonyl (C=O) groups is 1. The van der Waals surface area contributed by atoms with Crippen molar-refractivity contribution in [1.29, 1.82) is 0 Å². The number of aromatic nitrogens is 3. The van der Waals surface area contributed by atoms with Gasteiger partial charge in [-0.2, -0.15) is 0 Å². The highest BCUT2D eigenvalue weighted by Gasteiger charge is 2.12. The van der Waals surface area contributed by atoms with Crippen molar-refractivity contribution in [1.82, 2.24) is 19.9 Å². The highest BCUT2D eigenvalue weighted by molar-refractivity contribution is 7.13. The zero-order valence-corrected chi connectivity index (χ0v) is 10.7. The van der Waals surface area contributed by atoms with Crippen molar-refractivity contribution >= 4 is 17.2 Å². The summed E-state index contributed by atoms with van der Waals surface area (Å²) in [6.45, 7) is 2.82. The average Bonchev–Trinajstić information content (AvgIpc) is 2.99. The molecule has 0 saturated carbocycles. The van der Waals surface area contributed by atoms with Crippen LogP contribution in [0.4, 0.5) is 0 Å². The van der Waals surface area contributed by atoms with Crippen molar-refractivity contribution in [2.24, 2.45) is 0 Å². The first kappa shape index (κ1) is 12.7. The van der Waals surface area contributed by atoms with E-state index in [1.165, 1.54) is 17.5 Å². The predicted octanol–water partition coefficient (Wildman–Crippen LogP) is 0.823. The van der Waals surface area contributed by atoms with E-state index < -0.39 is 6.10 Å². The topological polar surface area (TPSA) is 80.0 Å². The van der Waals surface area contributed by atoms with Gasteiger partial charge in [-0.25, -0.2) is 9.97 Å². The Balaban J connectivity index is 1.83. The second-order valence-corrected chi connectivity index (χ2v) is 4.86. The second-order valence-electron chi connectivity index (χ2n) is 3.80. The number of thiazole rings is 1. The lowest BCUT2D eigenvalue weighted by atomic mass is 10.4. The zero-order valence-electron chi connectivity index (χ0n) is 9.91. The lowest BCUT2D eigenvalue weighted by Crippen LogP contribution is -2.26. The third-order valence-electron chi connectivity index (χ3n) is 2.32. The molecule has 0 aliphatic heterocycles. The molecule has 0 radical (unpaired) electrons. The van der Waals surface area contributed by atoms with Crippen molar-refractivity contribution in [2.75, 3.05) is 6.54 Å². The average molecular weight is 266 g/mol. The largest absolute Gasteiger partial charge is 0.386 e. The standard InChI is InChI=1S/C11H14N4O2S/c1-8(16)11-14-6-9(18-11)10(17)13-3-5-15-4-2-12-7-15/h2,4,6-8,16H,3,5H2,1H3,(H,13,17). The summed E-state index contributed by atoms with van der Waals surface area (Å²) in [4.78, 5) is 20.2. The van der Waals surface area contributed by atoms with Crippen molar-refractivity contribution in [2.45, 2.75) is 19.6 Å². The summed E-state index contributed by atoms with van der Waals surface area (Å²) >= 11 is 1.20. The first-order chi connectivity index (χ1) is 8.66. The number of aliphatic hydroxyl groups excluding tert-OH is 1. The molecule has 1 amide bonds. The normalized spacial score (nSPS) is 12.3. The summed E-state index contributed by atoms with van der Waals surface area (Å²) in [5, 5.41) is 12.7. The highest BCUT2D eigenvalue weighted by Crippen LogP contribution is 2.19. The number of nitrogens with one attached hydrogen (secondary N) is 1. The van der Waals surface area contributed by atoms with E-state index in [2.05, 4.69) is 15.3 Å². The summed E-state index contributed by atoms with van der Waals surface area (Å²) in [6.07, 6.45) is 6.08. The fraction of sp³-hybridized carbons (Fsp3) is 0.364. The Kier molecular flexibility index (Phi) is 4.06. The SMILES string of the molecule is CC(O)c1ncc(C(=O)NCCn2ccnc2)s1. The maximum Gasteiger partial charge on any atom is 0.263 e. The molecule has 2 aromatic rings. The van der Waals surface area contributed by atoms with E-state index in [1.54, 1.807) is 19.4 Å². The Morgan fingerprint density at radius 1 is 1.67 bits per heavy atom. The molecule has 0 aliphatic carbocycles. The second kappa shape index (κ2) is 5.74. The Morgan fingerprint density at radius 3 is 3.11 bits per heavy atom. The van der Waals surface area contributed by atoms with E-state index in [9.17, 15) is 9.90 Å². The van der Waals surface area contributed by atoms with E-state index in [0.717, 1.165) is 0 Å². The molecule has 1 unspecified atom stereocenters. The van der Waals surface area contributed by atoms with E-state index in [0.29, 0.717) is 23.0 Å². The summed E-state index contributed by atoms with van der Waals surface area (Å²) in [7, 11) is 0. The Hall–Kier alpha value is -1.73. The van der Waals surface area contributed by atoms with Crippen LogP contribution in [0.5, 0.6) is 0 Å². The number of aliphatic hydroxyl groups is 1. The van der Waals surface area contributed by atoms with E-state index >= 15 is 0 Å². The van der Waals surface area contributed by atoms with Gasteiger partial charge in [0.05, 0.1) is 12.5 Å². The van der Waals surface area contributed by atoms with Gasteiger partial charge < -0.3 is 15.0 Å². The van der Waals surface area contributed by atoms with Crippen LogP contribution in [0.2, 0.25) is 0 Å². The van der Waals surface area contributed by atoms with Gasteiger partial charge in [-0.15, -0.1) is 11.3 Å². The Labute approximate surface area is 108 Å². The van der Waals surface area contributed by atoms with Gasteiger partial charge in [-0.05, 0) is 6.92 Å². The first-order valence-electron chi connectivity index (χ1n) is 5.54. The van der Waals surface area contributed by atoms with Gasteiger partial charge in [0, 0.05) is 25.5 Å². The molecule has 0 spiro atoms. The lowest BCUT2D eigenvalue weighted by molar-refractivity contribution is 0.0956. The van der Waals surface area contributed by atoms with Crippen LogP contribution in [0, 0.1) is 0 Å². The first-order valence-corrected chi connectivity index (χ1v) is 6.36. The van der Waals surface area contributed by atoms with Gasteiger partial charge in [-0.1, -0.05) is 0 Å². The van der Waals surface area contributed by atoms with Crippen LogP contribution >= 0.6 is 11.3 Å². The summed E-state index contributed by atoms with van der Waals surface area (Å²) in [6, 6.07) is 0. The number of carbonyl (C=O) groups excluding carboxylic acids is 1. The minimum atomic E-state index is -0.637. The van der Waals surface area contributed by atoms with Crippen LogP contribution < -0.4 is 5.32 Å². The molecule has 1 atom stereocenters. The van der Waals surface area contributed by atoms with Crippen LogP contribution in [-0.4, -0.2) is 32.1 Å². The van der Waals surface area contributed by atoms with Gasteiger partial charge in [-0.3, -0.25) is 4.79 Å². The third-order valence-corrected chi connectivity index (χ3v) is 3.49. The third kappa shape index (κ3) is 3.14. The van der Waals surface area contributed by atoms with E-state index in [-0.39, 0.29) is 5.91 Å². The number of imidazole rings is 1. The molecule has 18 heavy (non-hydrogen) atoms. The molecule has 0 fully saturated rings. The number of nitrogens with zero attached hydrogens (tertiary/aromatic N) is 3. The molecule has 0 saturated heterocycles. The van der Waals surface area contributed by atoms with Crippen molar-refractivity contribution in [3.8, 4) is 0 Å². The van der Waals surface area contributed by atoms with E-state index in [4.69, 9.17) is 0 Å². The van der Waals surface area contributed by atoms with Gasteiger partial charge in [0.2, 0.25) is 0 Å². The fourth-order valence-electron chi connectivity index (χ4n) is 1.39. The molecule has 96 valence electrons. The van der Waals surface area contributed by atoms with Crippen LogP contribution in [0.15, 0.2) is 24.9 Å². The highest BCUT2D eigenvalue weighted by atomic mass is 32.1. The van der Waals surface area contributed by atoms with Gasteiger partial charge in [0.1, 0.15) is 16.0 Å². The zero-order chi connectivity index (χ0) is 13.0.